The van der Waals surface area contributed by atoms with Gasteiger partial charge in [-0.05, 0) is 47.9 Å². The number of nitrogens with zero attached hydrogens (tertiary/aromatic N) is 1. The molecule has 0 atom stereocenters. The third kappa shape index (κ3) is 4.52. The van der Waals surface area contributed by atoms with Crippen molar-refractivity contribution in [2.45, 2.75) is 62.4 Å². The van der Waals surface area contributed by atoms with Crippen LogP contribution < -0.4 is 5.32 Å². The standard InChI is InChI=1S/C27H30N2O5/c30-24(29(16-25(31)32)18-11-12-18)15-27(13-5-6-14-27)28-26(33)34-17-23-21-9-3-1-7-19(21)20-8-2-4-10-22(20)23/h1-4,7-10,18,23H,5-6,11-17H2,(H,28,33)(H,31,32). The van der Waals surface area contributed by atoms with Crippen LogP contribution in [0.25, 0.3) is 11.1 Å². The van der Waals surface area contributed by atoms with Crippen LogP contribution in [0.4, 0.5) is 4.79 Å². The quantitative estimate of drug-likeness (QED) is 0.610. The van der Waals surface area contributed by atoms with Crippen LogP contribution in [-0.2, 0) is 14.3 Å². The number of alkyl carbamates (subject to hydrolysis) is 1. The van der Waals surface area contributed by atoms with E-state index < -0.39 is 17.6 Å². The van der Waals surface area contributed by atoms with Gasteiger partial charge in [-0.1, -0.05) is 61.4 Å². The zero-order valence-electron chi connectivity index (χ0n) is 19.2. The predicted molar refractivity (Wildman–Crippen MR) is 126 cm³/mol. The Kier molecular flexibility index (Phi) is 6.02. The second kappa shape index (κ2) is 9.12. The van der Waals surface area contributed by atoms with Gasteiger partial charge in [-0.2, -0.15) is 0 Å². The molecule has 5 rings (SSSR count). The van der Waals surface area contributed by atoms with E-state index >= 15 is 0 Å². The van der Waals surface area contributed by atoms with Crippen LogP contribution in [0.15, 0.2) is 48.5 Å². The van der Waals surface area contributed by atoms with Gasteiger partial charge in [-0.3, -0.25) is 9.59 Å². The number of carbonyl (C=O) groups excluding carboxylic acids is 2. The van der Waals surface area contributed by atoms with E-state index in [2.05, 4.69) is 29.6 Å². The van der Waals surface area contributed by atoms with E-state index in [9.17, 15) is 19.5 Å². The predicted octanol–water partition coefficient (Wildman–Crippen LogP) is 4.30. The van der Waals surface area contributed by atoms with Gasteiger partial charge in [0, 0.05) is 12.0 Å². The van der Waals surface area contributed by atoms with Crippen molar-refractivity contribution in [2.24, 2.45) is 0 Å². The van der Waals surface area contributed by atoms with E-state index in [0.29, 0.717) is 12.8 Å². The number of benzene rings is 2. The second-order valence-corrected chi connectivity index (χ2v) is 9.76. The summed E-state index contributed by atoms with van der Waals surface area (Å²) >= 11 is 0. The van der Waals surface area contributed by atoms with Gasteiger partial charge in [-0.25, -0.2) is 4.79 Å². The Morgan fingerprint density at radius 1 is 0.971 bits per heavy atom. The molecule has 0 radical (unpaired) electrons. The van der Waals surface area contributed by atoms with E-state index in [1.54, 1.807) is 0 Å². The number of ether oxygens (including phenoxy) is 1. The minimum absolute atomic E-state index is 0.0107. The van der Waals surface area contributed by atoms with Crippen LogP contribution in [0.5, 0.6) is 0 Å². The molecule has 2 saturated carbocycles. The zero-order valence-corrected chi connectivity index (χ0v) is 19.2. The number of fused-ring (bicyclic) bond motifs is 3. The molecular weight excluding hydrogens is 432 g/mol. The van der Waals surface area contributed by atoms with Crippen LogP contribution in [-0.4, -0.2) is 52.7 Å². The molecule has 0 bridgehead atoms. The summed E-state index contributed by atoms with van der Waals surface area (Å²) < 4.78 is 5.72. The van der Waals surface area contributed by atoms with Crippen LogP contribution >= 0.6 is 0 Å². The molecule has 0 aromatic heterocycles. The maximum absolute atomic E-state index is 13.0. The number of amides is 2. The molecule has 3 aliphatic carbocycles. The summed E-state index contributed by atoms with van der Waals surface area (Å²) in [6, 6.07) is 16.4. The molecule has 2 aromatic carbocycles. The van der Waals surface area contributed by atoms with Gasteiger partial charge in [-0.15, -0.1) is 0 Å². The molecule has 2 aromatic rings. The topological polar surface area (TPSA) is 95.9 Å². The SMILES string of the molecule is O=C(O)CN(C(=O)CC1(NC(=O)OCC2c3ccccc3-c3ccccc32)CCCC1)C1CC1. The summed E-state index contributed by atoms with van der Waals surface area (Å²) in [4.78, 5) is 38.6. The van der Waals surface area contributed by atoms with Gasteiger partial charge >= 0.3 is 12.1 Å². The molecule has 0 saturated heterocycles. The Morgan fingerprint density at radius 2 is 1.56 bits per heavy atom. The van der Waals surface area contributed by atoms with Gasteiger partial charge in [0.2, 0.25) is 5.91 Å². The van der Waals surface area contributed by atoms with Crippen molar-refractivity contribution >= 4 is 18.0 Å². The first-order chi connectivity index (χ1) is 16.5. The zero-order chi connectivity index (χ0) is 23.7. The van der Waals surface area contributed by atoms with E-state index in [4.69, 9.17) is 4.74 Å². The lowest BCUT2D eigenvalue weighted by atomic mass is 9.92. The summed E-state index contributed by atoms with van der Waals surface area (Å²) in [6.07, 6.45) is 4.48. The summed E-state index contributed by atoms with van der Waals surface area (Å²) in [5.41, 5.74) is 3.96. The van der Waals surface area contributed by atoms with Crippen molar-refractivity contribution in [2.75, 3.05) is 13.2 Å². The monoisotopic (exact) mass is 462 g/mol. The number of carboxylic acid groups (broad SMARTS) is 1. The molecule has 2 N–H and O–H groups in total. The fourth-order valence-electron chi connectivity index (χ4n) is 5.59. The van der Waals surface area contributed by atoms with Crippen molar-refractivity contribution in [3.63, 3.8) is 0 Å². The highest BCUT2D eigenvalue weighted by atomic mass is 16.5. The minimum Gasteiger partial charge on any atom is -0.480 e. The number of nitrogens with one attached hydrogen (secondary N) is 1. The molecule has 2 fully saturated rings. The molecule has 178 valence electrons. The van der Waals surface area contributed by atoms with Gasteiger partial charge < -0.3 is 20.1 Å². The van der Waals surface area contributed by atoms with E-state index in [0.717, 1.165) is 36.8 Å². The van der Waals surface area contributed by atoms with E-state index in [1.165, 1.54) is 16.0 Å². The number of hydrogen-bond acceptors (Lipinski definition) is 4. The van der Waals surface area contributed by atoms with Gasteiger partial charge in [0.25, 0.3) is 0 Å². The highest BCUT2D eigenvalue weighted by molar-refractivity contribution is 5.83. The van der Waals surface area contributed by atoms with Gasteiger partial charge in [0.1, 0.15) is 13.2 Å². The number of carboxylic acids is 1. The molecule has 0 aliphatic heterocycles. The molecule has 7 heteroatoms. The lowest BCUT2D eigenvalue weighted by Crippen LogP contribution is -2.51. The Balaban J connectivity index is 1.25. The van der Waals surface area contributed by atoms with Gasteiger partial charge in [0.05, 0.1) is 12.0 Å². The number of carbonyl (C=O) groups is 3. The Morgan fingerprint density at radius 3 is 2.12 bits per heavy atom. The highest BCUT2D eigenvalue weighted by Gasteiger charge is 2.42. The van der Waals surface area contributed by atoms with Crippen LogP contribution in [0, 0.1) is 0 Å². The summed E-state index contributed by atoms with van der Waals surface area (Å²) in [6.45, 7) is -0.0678. The van der Waals surface area contributed by atoms with E-state index in [-0.39, 0.29) is 37.4 Å². The summed E-state index contributed by atoms with van der Waals surface area (Å²) in [5, 5.41) is 12.2. The summed E-state index contributed by atoms with van der Waals surface area (Å²) in [7, 11) is 0. The minimum atomic E-state index is -1.01. The van der Waals surface area contributed by atoms with Crippen molar-refractivity contribution < 1.29 is 24.2 Å². The van der Waals surface area contributed by atoms with Crippen LogP contribution in [0.2, 0.25) is 0 Å². The molecule has 0 unspecified atom stereocenters. The molecule has 34 heavy (non-hydrogen) atoms. The second-order valence-electron chi connectivity index (χ2n) is 9.76. The lowest BCUT2D eigenvalue weighted by molar-refractivity contribution is -0.145. The normalized spacial score (nSPS) is 18.1. The first-order valence-corrected chi connectivity index (χ1v) is 12.1. The Labute approximate surface area is 199 Å². The maximum atomic E-state index is 13.0. The van der Waals surface area contributed by atoms with Gasteiger partial charge in [0.15, 0.2) is 0 Å². The molecule has 0 heterocycles. The first kappa shape index (κ1) is 22.4. The van der Waals surface area contributed by atoms with Crippen molar-refractivity contribution in [1.29, 1.82) is 0 Å². The van der Waals surface area contributed by atoms with Crippen LogP contribution in [0.3, 0.4) is 0 Å². The average Bonchev–Trinajstić information content (AvgIpc) is 3.48. The fourth-order valence-corrected chi connectivity index (χ4v) is 5.59. The lowest BCUT2D eigenvalue weighted by Gasteiger charge is -2.32. The van der Waals surface area contributed by atoms with Crippen molar-refractivity contribution in [1.82, 2.24) is 10.2 Å². The molecule has 2 amide bonds. The molecular formula is C27H30N2O5. The largest absolute Gasteiger partial charge is 0.480 e. The average molecular weight is 463 g/mol. The first-order valence-electron chi connectivity index (χ1n) is 12.1. The smallest absolute Gasteiger partial charge is 0.407 e. The van der Waals surface area contributed by atoms with Crippen LogP contribution in [0.1, 0.15) is 62.0 Å². The Bertz CT molecular complexity index is 1060. The fraction of sp³-hybridized carbons (Fsp3) is 0.444. The molecule has 0 spiro atoms. The highest BCUT2D eigenvalue weighted by Crippen LogP contribution is 2.44. The third-order valence-electron chi connectivity index (χ3n) is 7.37. The Hall–Kier alpha value is -3.35. The number of hydrogen-bond donors (Lipinski definition) is 2. The third-order valence-corrected chi connectivity index (χ3v) is 7.37. The molecule has 7 nitrogen and oxygen atoms in total. The van der Waals surface area contributed by atoms with Crippen molar-refractivity contribution in [3.8, 4) is 11.1 Å². The summed E-state index contributed by atoms with van der Waals surface area (Å²) in [5.74, 6) is -1.24. The van der Waals surface area contributed by atoms with E-state index in [1.807, 2.05) is 24.3 Å². The molecule has 3 aliphatic rings. The number of rotatable bonds is 8. The maximum Gasteiger partial charge on any atom is 0.407 e. The van der Waals surface area contributed by atoms with Crippen molar-refractivity contribution in [3.05, 3.63) is 59.7 Å². The number of aliphatic carboxylic acids is 1.